The maximum absolute atomic E-state index is 13.7. The van der Waals surface area contributed by atoms with E-state index in [1.54, 1.807) is 30.5 Å². The van der Waals surface area contributed by atoms with E-state index in [0.717, 1.165) is 10.5 Å². The van der Waals surface area contributed by atoms with E-state index in [2.05, 4.69) is 15.6 Å². The third kappa shape index (κ3) is 4.94. The van der Waals surface area contributed by atoms with Crippen LogP contribution in [-0.2, 0) is 9.59 Å². The highest BCUT2D eigenvalue weighted by Gasteiger charge is 2.47. The summed E-state index contributed by atoms with van der Waals surface area (Å²) in [4.78, 5) is 45.9. The molecule has 0 bridgehead atoms. The zero-order chi connectivity index (χ0) is 26.8. The van der Waals surface area contributed by atoms with Crippen LogP contribution >= 0.6 is 11.3 Å². The molecule has 0 aliphatic carbocycles. The summed E-state index contributed by atoms with van der Waals surface area (Å²) in [6, 6.07) is 11.5. The van der Waals surface area contributed by atoms with Crippen molar-refractivity contribution < 1.29 is 29.0 Å². The van der Waals surface area contributed by atoms with Crippen LogP contribution in [0, 0.1) is 0 Å². The number of aliphatic hydroxyl groups is 1. The van der Waals surface area contributed by atoms with Crippen LogP contribution in [-0.4, -0.2) is 52.1 Å². The number of hydrogen-bond acceptors (Lipinski definition) is 8. The van der Waals surface area contributed by atoms with Crippen LogP contribution < -0.4 is 20.1 Å². The van der Waals surface area contributed by atoms with Gasteiger partial charge in [0.25, 0.3) is 5.91 Å². The van der Waals surface area contributed by atoms with Gasteiger partial charge in [0.1, 0.15) is 25.3 Å². The molecule has 3 aromatic rings. The van der Waals surface area contributed by atoms with Gasteiger partial charge in [0.15, 0.2) is 16.6 Å². The smallest absolute Gasteiger partial charge is 0.325 e. The number of aliphatic hydroxyl groups excluding tert-OH is 1. The number of fused-ring (bicyclic) bond motifs is 1. The number of rotatable bonds is 8. The van der Waals surface area contributed by atoms with Crippen molar-refractivity contribution in [2.45, 2.75) is 44.4 Å². The van der Waals surface area contributed by atoms with E-state index in [1.165, 1.54) is 11.3 Å². The number of carbonyl (C=O) groups excluding carboxylic acids is 3. The first-order valence-corrected chi connectivity index (χ1v) is 13.3. The van der Waals surface area contributed by atoms with Crippen molar-refractivity contribution in [2.24, 2.45) is 0 Å². The summed E-state index contributed by atoms with van der Waals surface area (Å²) in [5.41, 5.74) is 1.77. The monoisotopic (exact) mass is 536 g/mol. The summed E-state index contributed by atoms with van der Waals surface area (Å²) in [6.45, 7) is 4.45. The molecule has 0 saturated carbocycles. The maximum Gasteiger partial charge on any atom is 0.325 e. The Morgan fingerprint density at radius 1 is 1.18 bits per heavy atom. The van der Waals surface area contributed by atoms with Gasteiger partial charge in [0, 0.05) is 11.3 Å². The molecule has 3 N–H and O–H groups in total. The minimum Gasteiger partial charge on any atom is -0.486 e. The lowest BCUT2D eigenvalue weighted by Crippen LogP contribution is -2.50. The molecule has 3 heterocycles. The molecule has 4 amide bonds. The van der Waals surface area contributed by atoms with E-state index in [4.69, 9.17) is 9.47 Å². The fourth-order valence-electron chi connectivity index (χ4n) is 4.61. The van der Waals surface area contributed by atoms with Crippen molar-refractivity contribution in [3.8, 4) is 11.5 Å². The molecule has 2 aliphatic heterocycles. The number of thiazole rings is 1. The van der Waals surface area contributed by atoms with Gasteiger partial charge in [-0.25, -0.2) is 14.7 Å². The molecule has 1 fully saturated rings. The first-order valence-electron chi connectivity index (χ1n) is 12.4. The number of nitrogens with zero attached hydrogens (tertiary/aromatic N) is 2. The summed E-state index contributed by atoms with van der Waals surface area (Å²) in [5, 5.41) is 17.5. The van der Waals surface area contributed by atoms with Gasteiger partial charge in [-0.2, -0.15) is 0 Å². The van der Waals surface area contributed by atoms with Crippen LogP contribution in [0.1, 0.15) is 55.2 Å². The van der Waals surface area contributed by atoms with Gasteiger partial charge in [0.05, 0.1) is 11.8 Å². The number of carbonyl (C=O) groups is 3. The number of imide groups is 1. The average molecular weight is 537 g/mol. The van der Waals surface area contributed by atoms with E-state index in [9.17, 15) is 19.5 Å². The summed E-state index contributed by atoms with van der Waals surface area (Å²) in [6.07, 6.45) is -0.261. The highest BCUT2D eigenvalue weighted by molar-refractivity contribution is 7.13. The van der Waals surface area contributed by atoms with Crippen molar-refractivity contribution in [1.82, 2.24) is 15.2 Å². The molecule has 2 aromatic carbocycles. The minimum absolute atomic E-state index is 0.276. The summed E-state index contributed by atoms with van der Waals surface area (Å²) >= 11 is 1.17. The van der Waals surface area contributed by atoms with E-state index in [1.807, 2.05) is 37.3 Å². The molecule has 11 heteroatoms. The summed E-state index contributed by atoms with van der Waals surface area (Å²) in [5.74, 6) is -0.560. The Bertz CT molecular complexity index is 1350. The van der Waals surface area contributed by atoms with Gasteiger partial charge in [-0.05, 0) is 29.7 Å². The highest BCUT2D eigenvalue weighted by atomic mass is 32.1. The lowest BCUT2D eigenvalue weighted by molar-refractivity contribution is -0.134. The predicted molar refractivity (Wildman–Crippen MR) is 140 cm³/mol. The summed E-state index contributed by atoms with van der Waals surface area (Å²) < 4.78 is 11.2. The Kier molecular flexibility index (Phi) is 7.30. The van der Waals surface area contributed by atoms with Gasteiger partial charge in [-0.15, -0.1) is 11.3 Å². The number of benzene rings is 2. The second kappa shape index (κ2) is 10.8. The Morgan fingerprint density at radius 2 is 1.92 bits per heavy atom. The first-order chi connectivity index (χ1) is 18.4. The Labute approximate surface area is 223 Å². The highest BCUT2D eigenvalue weighted by Crippen LogP contribution is 2.36. The molecule has 38 heavy (non-hydrogen) atoms. The van der Waals surface area contributed by atoms with E-state index < -0.39 is 42.0 Å². The van der Waals surface area contributed by atoms with Crippen LogP contribution in [0.2, 0.25) is 0 Å². The van der Waals surface area contributed by atoms with E-state index >= 15 is 0 Å². The fraction of sp³-hybridized carbons (Fsp3) is 0.333. The van der Waals surface area contributed by atoms with Gasteiger partial charge in [-0.3, -0.25) is 9.59 Å². The van der Waals surface area contributed by atoms with Gasteiger partial charge >= 0.3 is 6.03 Å². The van der Waals surface area contributed by atoms with Crippen molar-refractivity contribution in [1.29, 1.82) is 0 Å². The van der Waals surface area contributed by atoms with Crippen LogP contribution in [0.15, 0.2) is 53.9 Å². The average Bonchev–Trinajstić information content (AvgIpc) is 3.52. The fourth-order valence-corrected chi connectivity index (χ4v) is 5.37. The summed E-state index contributed by atoms with van der Waals surface area (Å²) in [7, 11) is 0. The van der Waals surface area contributed by atoms with E-state index in [0.29, 0.717) is 42.4 Å². The molecular formula is C27H28N4O6S. The number of hydrogen-bond donors (Lipinski definition) is 3. The number of aromatic nitrogens is 1. The second-order valence-electron chi connectivity index (χ2n) is 9.13. The second-order valence-corrected chi connectivity index (χ2v) is 9.99. The van der Waals surface area contributed by atoms with Crippen molar-refractivity contribution >= 4 is 34.3 Å². The molecule has 10 nitrogen and oxygen atoms in total. The number of amides is 4. The molecule has 1 saturated heterocycles. The molecule has 0 radical (unpaired) electrons. The Morgan fingerprint density at radius 3 is 2.66 bits per heavy atom. The van der Waals surface area contributed by atoms with Crippen LogP contribution in [0.25, 0.3) is 0 Å². The zero-order valence-corrected chi connectivity index (χ0v) is 21.7. The Balaban J connectivity index is 1.45. The topological polar surface area (TPSA) is 130 Å². The standard InChI is InChI=1S/C27H28N4O6S/c1-3-19(32)18-14-38-26(28-18)30-24(33)23(15(2)16-7-5-4-6-8-16)31-25(34)22(29-27(31)35)17-9-10-20-21(13-17)37-12-11-36-20/h4-10,13-15,19,22-23,32H,3,11-12H2,1-2H3,(H,29,35)(H,28,30,33)/t15-,19?,22+,23-/m0/s1. The van der Waals surface area contributed by atoms with Crippen LogP contribution in [0.4, 0.5) is 9.93 Å². The van der Waals surface area contributed by atoms with Crippen molar-refractivity contribution in [3.05, 3.63) is 70.7 Å². The maximum atomic E-state index is 13.7. The Hall–Kier alpha value is -3.96. The van der Waals surface area contributed by atoms with Gasteiger partial charge in [0.2, 0.25) is 5.91 Å². The molecule has 0 spiro atoms. The molecular weight excluding hydrogens is 508 g/mol. The molecule has 198 valence electrons. The SMILES string of the molecule is CCC(O)c1csc(NC(=O)[C@H]([C@@H](C)c2ccccc2)N2C(=O)N[C@H](c3ccc4c(c3)OCCO4)C2=O)n1. The normalized spacial score (nSPS) is 19.0. The molecule has 4 atom stereocenters. The van der Waals surface area contributed by atoms with Crippen molar-refractivity contribution in [3.63, 3.8) is 0 Å². The predicted octanol–water partition coefficient (Wildman–Crippen LogP) is 3.76. The first kappa shape index (κ1) is 25.7. The largest absolute Gasteiger partial charge is 0.486 e. The lowest BCUT2D eigenvalue weighted by Gasteiger charge is -2.29. The quantitative estimate of drug-likeness (QED) is 0.374. The van der Waals surface area contributed by atoms with E-state index in [-0.39, 0.29) is 5.13 Å². The van der Waals surface area contributed by atoms with Gasteiger partial charge < -0.3 is 25.2 Å². The number of nitrogens with one attached hydrogen (secondary N) is 2. The molecule has 5 rings (SSSR count). The molecule has 2 aliphatic rings. The number of anilines is 1. The van der Waals surface area contributed by atoms with Crippen LogP contribution in [0.3, 0.4) is 0 Å². The third-order valence-electron chi connectivity index (χ3n) is 6.70. The van der Waals surface area contributed by atoms with Gasteiger partial charge in [-0.1, -0.05) is 50.2 Å². The van der Waals surface area contributed by atoms with Crippen molar-refractivity contribution in [2.75, 3.05) is 18.5 Å². The number of ether oxygens (including phenoxy) is 2. The van der Waals surface area contributed by atoms with Crippen LogP contribution in [0.5, 0.6) is 11.5 Å². The number of urea groups is 1. The molecule has 1 unspecified atom stereocenters. The molecule has 1 aromatic heterocycles. The third-order valence-corrected chi connectivity index (χ3v) is 7.47. The lowest BCUT2D eigenvalue weighted by atomic mass is 9.91. The zero-order valence-electron chi connectivity index (χ0n) is 20.9. The minimum atomic E-state index is -1.16.